The average Bonchev–Trinajstić information content (AvgIpc) is 1.99. The zero-order valence-electron chi connectivity index (χ0n) is 8.47. The maximum absolute atomic E-state index is 10.8. The van der Waals surface area contributed by atoms with E-state index in [9.17, 15) is 13.2 Å². The summed E-state index contributed by atoms with van der Waals surface area (Å²) in [4.78, 5) is 15.4. The van der Waals surface area contributed by atoms with Gasteiger partial charge in [0, 0.05) is 25.6 Å². The van der Waals surface area contributed by atoms with Gasteiger partial charge in [0.15, 0.2) is 0 Å². The summed E-state index contributed by atoms with van der Waals surface area (Å²) in [5, 5.41) is 1.34. The molecule has 0 unspecified atom stereocenters. The fraction of sp³-hybridized carbons (Fsp3) is 0.857. The molecule has 1 amide bonds. The summed E-state index contributed by atoms with van der Waals surface area (Å²) in [6.07, 6.45) is -1.12. The highest BCUT2D eigenvalue weighted by Crippen LogP contribution is 2.29. The third kappa shape index (κ3) is 3.57. The molecule has 1 saturated heterocycles. The van der Waals surface area contributed by atoms with E-state index in [1.807, 2.05) is 6.92 Å². The molecule has 0 aromatic rings. The smallest absolute Gasteiger partial charge is 0.384 e. The summed E-state index contributed by atoms with van der Waals surface area (Å²) >= 11 is 0. The fourth-order valence-corrected chi connectivity index (χ4v) is 1.65. The van der Waals surface area contributed by atoms with Gasteiger partial charge in [0.25, 0.3) is 0 Å². The lowest BCUT2D eigenvalue weighted by Gasteiger charge is -2.44. The van der Waals surface area contributed by atoms with E-state index in [0.717, 1.165) is 0 Å². The fourth-order valence-electron chi connectivity index (χ4n) is 1.50. The van der Waals surface area contributed by atoms with Crippen LogP contribution in [0.5, 0.6) is 0 Å². The van der Waals surface area contributed by atoms with Crippen molar-refractivity contribution in [2.45, 2.75) is 6.92 Å². The van der Waals surface area contributed by atoms with Gasteiger partial charge in [0.2, 0.25) is 0 Å². The topological polar surface area (TPSA) is 85.3 Å². The number of methoxy groups -OCH3 is 1. The number of amides is 1. The molecule has 86 valence electrons. The lowest BCUT2D eigenvalue weighted by atomic mass is 9.85. The summed E-state index contributed by atoms with van der Waals surface area (Å²) in [6, 6.07) is 0. The Morgan fingerprint density at radius 3 is 2.60 bits per heavy atom. The Labute approximate surface area is 88.6 Å². The number of carbonyl (C=O) groups excluding carboxylic acids is 1. The van der Waals surface area contributed by atoms with Gasteiger partial charge < -0.3 is 9.57 Å². The van der Waals surface area contributed by atoms with Gasteiger partial charge >= 0.3 is 16.6 Å². The first-order valence-electron chi connectivity index (χ1n) is 4.22. The van der Waals surface area contributed by atoms with Crippen molar-refractivity contribution in [2.75, 3.05) is 26.8 Å². The summed E-state index contributed by atoms with van der Waals surface area (Å²) < 4.78 is 27.7. The van der Waals surface area contributed by atoms with Crippen molar-refractivity contribution >= 4 is 16.6 Å². The first kappa shape index (κ1) is 12.1. The van der Waals surface area contributed by atoms with Crippen molar-refractivity contribution in [3.8, 4) is 0 Å². The van der Waals surface area contributed by atoms with Crippen LogP contribution in [0.1, 0.15) is 6.92 Å². The lowest BCUT2D eigenvalue weighted by molar-refractivity contribution is -0.210. The number of hydrogen-bond donors (Lipinski definition) is 0. The third-order valence-corrected chi connectivity index (χ3v) is 2.26. The second kappa shape index (κ2) is 4.69. The van der Waals surface area contributed by atoms with Crippen molar-refractivity contribution in [1.82, 2.24) is 5.06 Å². The second-order valence-electron chi connectivity index (χ2n) is 3.71. The summed E-state index contributed by atoms with van der Waals surface area (Å²) in [7, 11) is -1.17. The molecule has 1 aliphatic heterocycles. The summed E-state index contributed by atoms with van der Waals surface area (Å²) in [6.45, 7) is 3.55. The predicted molar refractivity (Wildman–Crippen MR) is 49.4 cm³/mol. The van der Waals surface area contributed by atoms with Crippen LogP contribution in [0.15, 0.2) is 4.36 Å². The van der Waals surface area contributed by atoms with E-state index in [0.29, 0.717) is 19.7 Å². The lowest BCUT2D eigenvalue weighted by Crippen LogP contribution is -2.56. The van der Waals surface area contributed by atoms with E-state index in [1.165, 1.54) is 5.06 Å². The molecule has 15 heavy (non-hydrogen) atoms. The van der Waals surface area contributed by atoms with Crippen LogP contribution in [-0.4, -0.2) is 46.4 Å². The van der Waals surface area contributed by atoms with Crippen LogP contribution >= 0.6 is 0 Å². The van der Waals surface area contributed by atoms with Crippen molar-refractivity contribution in [3.63, 3.8) is 0 Å². The van der Waals surface area contributed by atoms with Crippen LogP contribution in [0, 0.1) is 5.41 Å². The van der Waals surface area contributed by atoms with Crippen LogP contribution < -0.4 is 0 Å². The Kier molecular flexibility index (Phi) is 3.77. The highest BCUT2D eigenvalue weighted by molar-refractivity contribution is 7.62. The van der Waals surface area contributed by atoms with E-state index in [-0.39, 0.29) is 5.41 Å². The summed E-state index contributed by atoms with van der Waals surface area (Å²) in [5.41, 5.74) is -0.0500. The first-order valence-corrected chi connectivity index (χ1v) is 5.25. The molecule has 8 heteroatoms. The van der Waals surface area contributed by atoms with E-state index >= 15 is 0 Å². The number of hydrogen-bond acceptors (Lipinski definition) is 6. The van der Waals surface area contributed by atoms with Gasteiger partial charge in [-0.15, -0.1) is 5.06 Å². The van der Waals surface area contributed by atoms with E-state index in [1.54, 1.807) is 7.11 Å². The second-order valence-corrected chi connectivity index (χ2v) is 4.32. The Bertz CT molecular complexity index is 363. The van der Waals surface area contributed by atoms with Crippen molar-refractivity contribution in [3.05, 3.63) is 0 Å². The van der Waals surface area contributed by atoms with Gasteiger partial charge in [-0.1, -0.05) is 11.3 Å². The first-order chi connectivity index (χ1) is 6.95. The van der Waals surface area contributed by atoms with Gasteiger partial charge in [-0.25, -0.2) is 4.79 Å². The predicted octanol–water partition coefficient (Wildman–Crippen LogP) is 0.0690. The minimum absolute atomic E-state index is 0.0500. The highest BCUT2D eigenvalue weighted by Gasteiger charge is 2.41. The van der Waals surface area contributed by atoms with Crippen molar-refractivity contribution in [1.29, 1.82) is 0 Å². The maximum Gasteiger partial charge on any atom is 0.467 e. The molecule has 1 aliphatic rings. The molecular weight excluding hydrogens is 224 g/mol. The Hall–Kier alpha value is -0.990. The molecule has 1 rings (SSSR count). The van der Waals surface area contributed by atoms with Crippen LogP contribution in [-0.2, 0) is 20.1 Å². The molecule has 1 fully saturated rings. The SMILES string of the molecule is COCC1(C)CN(OC(=O)N=S(=O)=O)C1. The van der Waals surface area contributed by atoms with E-state index in [2.05, 4.69) is 9.20 Å². The summed E-state index contributed by atoms with van der Waals surface area (Å²) in [5.74, 6) is 0. The van der Waals surface area contributed by atoms with Gasteiger partial charge in [0.05, 0.1) is 6.61 Å². The van der Waals surface area contributed by atoms with Gasteiger partial charge in [-0.3, -0.25) is 0 Å². The average molecular weight is 236 g/mol. The van der Waals surface area contributed by atoms with E-state index < -0.39 is 16.6 Å². The minimum Gasteiger partial charge on any atom is -0.384 e. The molecule has 0 aliphatic carbocycles. The molecule has 0 atom stereocenters. The highest BCUT2D eigenvalue weighted by atomic mass is 32.2. The molecular formula is C7H12N2O5S. The standard InChI is InChI=1S/C7H12N2O5S/c1-7(5-13-2)3-9(4-7)14-6(10)8-15(11)12/h3-5H2,1-2H3. The molecule has 0 N–H and O–H groups in total. The Morgan fingerprint density at radius 2 is 2.13 bits per heavy atom. The molecule has 1 heterocycles. The molecule has 7 nitrogen and oxygen atoms in total. The number of carbonyl (C=O) groups is 1. The van der Waals surface area contributed by atoms with Crippen LogP contribution in [0.25, 0.3) is 0 Å². The number of hydroxylamine groups is 2. The Balaban J connectivity index is 2.35. The molecule has 0 bridgehead atoms. The quantitative estimate of drug-likeness (QED) is 0.689. The molecule has 0 radical (unpaired) electrons. The molecule has 0 saturated carbocycles. The van der Waals surface area contributed by atoms with Crippen molar-refractivity contribution in [2.24, 2.45) is 9.78 Å². The normalized spacial score (nSPS) is 19.1. The maximum atomic E-state index is 10.8. The number of rotatable bonds is 3. The molecule has 0 spiro atoms. The number of nitrogens with zero attached hydrogens (tertiary/aromatic N) is 2. The molecule has 0 aromatic heterocycles. The zero-order valence-corrected chi connectivity index (χ0v) is 9.28. The monoisotopic (exact) mass is 236 g/mol. The molecule has 0 aromatic carbocycles. The van der Waals surface area contributed by atoms with Gasteiger partial charge in [-0.2, -0.15) is 8.42 Å². The van der Waals surface area contributed by atoms with Crippen molar-refractivity contribution < 1.29 is 22.8 Å². The van der Waals surface area contributed by atoms with Crippen LogP contribution in [0.2, 0.25) is 0 Å². The van der Waals surface area contributed by atoms with Crippen LogP contribution in [0.3, 0.4) is 0 Å². The van der Waals surface area contributed by atoms with E-state index in [4.69, 9.17) is 4.74 Å². The Morgan fingerprint density at radius 1 is 1.53 bits per heavy atom. The largest absolute Gasteiger partial charge is 0.467 e. The van der Waals surface area contributed by atoms with Gasteiger partial charge in [0.1, 0.15) is 0 Å². The zero-order chi connectivity index (χ0) is 11.5. The third-order valence-electron chi connectivity index (χ3n) is 1.97. The van der Waals surface area contributed by atoms with Crippen LogP contribution in [0.4, 0.5) is 4.79 Å². The van der Waals surface area contributed by atoms with Gasteiger partial charge in [-0.05, 0) is 0 Å². The number of ether oxygens (including phenoxy) is 1. The minimum atomic E-state index is -2.76.